The van der Waals surface area contributed by atoms with E-state index in [2.05, 4.69) is 15.5 Å². The van der Waals surface area contributed by atoms with E-state index in [0.29, 0.717) is 0 Å². The molecule has 0 spiro atoms. The number of benzene rings is 1. The summed E-state index contributed by atoms with van der Waals surface area (Å²) < 4.78 is 18.4. The quantitative estimate of drug-likeness (QED) is 0.856. The van der Waals surface area contributed by atoms with Gasteiger partial charge in [0.2, 0.25) is 0 Å². The zero-order valence-electron chi connectivity index (χ0n) is 9.70. The van der Waals surface area contributed by atoms with Crippen LogP contribution in [-0.2, 0) is 0 Å². The Balaban J connectivity index is 2.14. The number of hydrogen-bond acceptors (Lipinski definition) is 3. The van der Waals surface area contributed by atoms with Crippen molar-refractivity contribution >= 4 is 5.69 Å². The number of anilines is 1. The number of nitrogens with one attached hydrogen (secondary N) is 2. The molecule has 5 heteroatoms. The molecule has 0 saturated carbocycles. The largest absolute Gasteiger partial charge is 0.494 e. The van der Waals surface area contributed by atoms with Crippen LogP contribution in [0.1, 0.15) is 18.5 Å². The van der Waals surface area contributed by atoms with Crippen LogP contribution in [-0.4, -0.2) is 17.3 Å². The van der Waals surface area contributed by atoms with Crippen LogP contribution in [0.25, 0.3) is 0 Å². The summed E-state index contributed by atoms with van der Waals surface area (Å²) in [4.78, 5) is 0. The highest BCUT2D eigenvalue weighted by molar-refractivity contribution is 5.42. The summed E-state index contributed by atoms with van der Waals surface area (Å²) in [5.74, 6) is -0.102. The minimum atomic E-state index is -0.356. The Labute approximate surface area is 98.8 Å². The molecule has 2 N–H and O–H groups in total. The van der Waals surface area contributed by atoms with E-state index in [4.69, 9.17) is 4.74 Å². The molecular formula is C12H14FN3O. The van der Waals surface area contributed by atoms with Gasteiger partial charge in [0.15, 0.2) is 11.6 Å². The molecule has 1 heterocycles. The molecule has 1 aromatic carbocycles. The Kier molecular flexibility index (Phi) is 3.27. The van der Waals surface area contributed by atoms with E-state index >= 15 is 0 Å². The highest BCUT2D eigenvalue weighted by Crippen LogP contribution is 2.23. The Bertz CT molecular complexity index is 485. The zero-order chi connectivity index (χ0) is 12.3. The third-order valence-corrected chi connectivity index (χ3v) is 2.56. The molecule has 1 atom stereocenters. The standard InChI is InChI=1S/C12H14FN3O/c1-8(16-10-6-14-15-7-10)9-3-4-12(17-2)11(13)5-9/h3-8,16H,1-2H3,(H,14,15). The molecule has 1 aromatic heterocycles. The first-order valence-electron chi connectivity index (χ1n) is 5.29. The van der Waals surface area contributed by atoms with Gasteiger partial charge in [0, 0.05) is 12.2 Å². The first-order chi connectivity index (χ1) is 8.20. The Morgan fingerprint density at radius 3 is 2.88 bits per heavy atom. The van der Waals surface area contributed by atoms with E-state index in [1.807, 2.05) is 13.0 Å². The molecule has 2 aromatic rings. The summed E-state index contributed by atoms with van der Waals surface area (Å²) >= 11 is 0. The van der Waals surface area contributed by atoms with Gasteiger partial charge in [0.1, 0.15) is 0 Å². The summed E-state index contributed by atoms with van der Waals surface area (Å²) in [6, 6.07) is 4.92. The van der Waals surface area contributed by atoms with Crippen LogP contribution < -0.4 is 10.1 Å². The maximum absolute atomic E-state index is 13.5. The van der Waals surface area contributed by atoms with Gasteiger partial charge < -0.3 is 10.1 Å². The van der Waals surface area contributed by atoms with Crippen molar-refractivity contribution in [2.24, 2.45) is 0 Å². The number of methoxy groups -OCH3 is 1. The molecule has 1 unspecified atom stereocenters. The molecule has 0 saturated heterocycles. The fourth-order valence-corrected chi connectivity index (χ4v) is 1.62. The average molecular weight is 235 g/mol. The summed E-state index contributed by atoms with van der Waals surface area (Å²) in [5.41, 5.74) is 1.72. The number of H-pyrrole nitrogens is 1. The highest BCUT2D eigenvalue weighted by atomic mass is 19.1. The normalized spacial score (nSPS) is 12.2. The molecule has 0 radical (unpaired) electrons. The zero-order valence-corrected chi connectivity index (χ0v) is 9.70. The van der Waals surface area contributed by atoms with Crippen molar-refractivity contribution in [1.82, 2.24) is 10.2 Å². The minimum absolute atomic E-state index is 0.00648. The summed E-state index contributed by atoms with van der Waals surface area (Å²) in [5, 5.41) is 9.74. The molecule has 0 aliphatic carbocycles. The first kappa shape index (κ1) is 11.4. The fourth-order valence-electron chi connectivity index (χ4n) is 1.62. The Morgan fingerprint density at radius 2 is 2.29 bits per heavy atom. The van der Waals surface area contributed by atoms with Gasteiger partial charge in [-0.1, -0.05) is 6.07 Å². The number of rotatable bonds is 4. The van der Waals surface area contributed by atoms with E-state index in [-0.39, 0.29) is 17.6 Å². The van der Waals surface area contributed by atoms with E-state index in [1.54, 1.807) is 18.5 Å². The van der Waals surface area contributed by atoms with Gasteiger partial charge in [-0.2, -0.15) is 5.10 Å². The summed E-state index contributed by atoms with van der Waals surface area (Å²) in [6.45, 7) is 1.95. The van der Waals surface area contributed by atoms with E-state index in [1.165, 1.54) is 13.2 Å². The van der Waals surface area contributed by atoms with Gasteiger partial charge in [-0.25, -0.2) is 4.39 Å². The molecule has 90 valence electrons. The van der Waals surface area contributed by atoms with Crippen molar-refractivity contribution in [1.29, 1.82) is 0 Å². The molecular weight excluding hydrogens is 221 g/mol. The average Bonchev–Trinajstić information content (AvgIpc) is 2.81. The molecule has 0 aliphatic rings. The fraction of sp³-hybridized carbons (Fsp3) is 0.250. The first-order valence-corrected chi connectivity index (χ1v) is 5.29. The second-order valence-corrected chi connectivity index (χ2v) is 3.75. The number of hydrogen-bond donors (Lipinski definition) is 2. The van der Waals surface area contributed by atoms with Crippen LogP contribution in [0, 0.1) is 5.82 Å². The molecule has 17 heavy (non-hydrogen) atoms. The number of ether oxygens (including phenoxy) is 1. The van der Waals surface area contributed by atoms with E-state index < -0.39 is 0 Å². The SMILES string of the molecule is COc1ccc(C(C)Nc2cn[nH]c2)cc1F. The van der Waals surface area contributed by atoms with Crippen LogP contribution in [0.3, 0.4) is 0 Å². The maximum Gasteiger partial charge on any atom is 0.165 e. The second-order valence-electron chi connectivity index (χ2n) is 3.75. The van der Waals surface area contributed by atoms with Gasteiger partial charge in [-0.15, -0.1) is 0 Å². The maximum atomic E-state index is 13.5. The van der Waals surface area contributed by atoms with E-state index in [9.17, 15) is 4.39 Å². The van der Waals surface area contributed by atoms with Gasteiger partial charge in [0.25, 0.3) is 0 Å². The predicted molar refractivity (Wildman–Crippen MR) is 63.6 cm³/mol. The Morgan fingerprint density at radius 1 is 1.47 bits per heavy atom. The molecule has 0 bridgehead atoms. The van der Waals surface area contributed by atoms with Crippen LogP contribution in [0.5, 0.6) is 5.75 Å². The van der Waals surface area contributed by atoms with Gasteiger partial charge in [-0.05, 0) is 24.6 Å². The summed E-state index contributed by atoms with van der Waals surface area (Å²) in [7, 11) is 1.45. The number of nitrogens with zero attached hydrogens (tertiary/aromatic N) is 1. The van der Waals surface area contributed by atoms with Crippen LogP contribution in [0.4, 0.5) is 10.1 Å². The van der Waals surface area contributed by atoms with Gasteiger partial charge in [-0.3, -0.25) is 5.10 Å². The van der Waals surface area contributed by atoms with Crippen LogP contribution >= 0.6 is 0 Å². The monoisotopic (exact) mass is 235 g/mol. The predicted octanol–water partition coefficient (Wildman–Crippen LogP) is 2.73. The topological polar surface area (TPSA) is 49.9 Å². The lowest BCUT2D eigenvalue weighted by molar-refractivity contribution is 0.386. The second kappa shape index (κ2) is 4.86. The molecule has 0 amide bonds. The third kappa shape index (κ3) is 2.55. The lowest BCUT2D eigenvalue weighted by Crippen LogP contribution is -2.06. The smallest absolute Gasteiger partial charge is 0.165 e. The Hall–Kier alpha value is -2.04. The molecule has 4 nitrogen and oxygen atoms in total. The lowest BCUT2D eigenvalue weighted by Gasteiger charge is -2.14. The van der Waals surface area contributed by atoms with Gasteiger partial charge in [0.05, 0.1) is 19.0 Å². The number of halogens is 1. The molecule has 0 fully saturated rings. The van der Waals surface area contributed by atoms with Crippen molar-refractivity contribution < 1.29 is 9.13 Å². The lowest BCUT2D eigenvalue weighted by atomic mass is 10.1. The van der Waals surface area contributed by atoms with Crippen molar-refractivity contribution in [3.8, 4) is 5.75 Å². The van der Waals surface area contributed by atoms with Gasteiger partial charge >= 0.3 is 0 Å². The highest BCUT2D eigenvalue weighted by Gasteiger charge is 2.09. The van der Waals surface area contributed by atoms with Crippen molar-refractivity contribution in [3.05, 3.63) is 42.0 Å². The minimum Gasteiger partial charge on any atom is -0.494 e. The van der Waals surface area contributed by atoms with Crippen molar-refractivity contribution in [2.45, 2.75) is 13.0 Å². The number of aromatic amines is 1. The third-order valence-electron chi connectivity index (χ3n) is 2.56. The molecule has 0 aliphatic heterocycles. The molecule has 2 rings (SSSR count). The van der Waals surface area contributed by atoms with E-state index in [0.717, 1.165) is 11.3 Å². The summed E-state index contributed by atoms with van der Waals surface area (Å²) in [6.07, 6.45) is 3.42. The number of aromatic nitrogens is 2. The van der Waals surface area contributed by atoms with Crippen molar-refractivity contribution in [2.75, 3.05) is 12.4 Å². The van der Waals surface area contributed by atoms with Crippen LogP contribution in [0.2, 0.25) is 0 Å². The van der Waals surface area contributed by atoms with Crippen LogP contribution in [0.15, 0.2) is 30.6 Å². The van der Waals surface area contributed by atoms with Crippen molar-refractivity contribution in [3.63, 3.8) is 0 Å².